The Hall–Kier alpha value is -1.58. The van der Waals surface area contributed by atoms with Crippen molar-refractivity contribution < 1.29 is 9.90 Å². The van der Waals surface area contributed by atoms with Crippen LogP contribution in [0.25, 0.3) is 0 Å². The molecule has 0 aromatic carbocycles. The Morgan fingerprint density at radius 1 is 1.28 bits per heavy atom. The highest BCUT2D eigenvalue weighted by atomic mass is 16.4. The van der Waals surface area contributed by atoms with Crippen LogP contribution in [0.5, 0.6) is 0 Å². The summed E-state index contributed by atoms with van der Waals surface area (Å²) in [4.78, 5) is 15.0. The number of hydrogen-bond acceptors (Lipinski definition) is 3. The number of carboxylic acids is 1. The van der Waals surface area contributed by atoms with E-state index in [0.29, 0.717) is 11.9 Å². The molecule has 0 radical (unpaired) electrons. The molecular formula is C14H16N2O2. The summed E-state index contributed by atoms with van der Waals surface area (Å²) in [5.74, 6) is 3.25. The molecule has 1 aromatic heterocycles. The van der Waals surface area contributed by atoms with Crippen molar-refractivity contribution in [2.45, 2.75) is 25.3 Å². The number of nitrogens with zero attached hydrogens (tertiary/aromatic N) is 1. The molecule has 18 heavy (non-hydrogen) atoms. The van der Waals surface area contributed by atoms with E-state index < -0.39 is 5.97 Å². The van der Waals surface area contributed by atoms with E-state index in [1.54, 1.807) is 6.07 Å². The highest BCUT2D eigenvalue weighted by molar-refractivity contribution is 5.85. The van der Waals surface area contributed by atoms with Crippen molar-refractivity contribution in [1.82, 2.24) is 4.98 Å². The molecule has 4 unspecified atom stereocenters. The number of carbonyl (C=O) groups is 1. The van der Waals surface area contributed by atoms with Gasteiger partial charge in [-0.25, -0.2) is 9.78 Å². The van der Waals surface area contributed by atoms with Gasteiger partial charge < -0.3 is 10.4 Å². The van der Waals surface area contributed by atoms with Crippen LogP contribution in [0, 0.1) is 23.7 Å². The maximum atomic E-state index is 10.9. The van der Waals surface area contributed by atoms with Crippen molar-refractivity contribution in [3.63, 3.8) is 0 Å². The molecule has 0 saturated heterocycles. The van der Waals surface area contributed by atoms with E-state index in [2.05, 4.69) is 10.3 Å². The van der Waals surface area contributed by atoms with Crippen LogP contribution in [0.4, 0.5) is 5.82 Å². The average Bonchev–Trinajstić information content (AvgIpc) is 2.77. The maximum Gasteiger partial charge on any atom is 0.354 e. The first-order valence-corrected chi connectivity index (χ1v) is 6.71. The van der Waals surface area contributed by atoms with E-state index in [1.807, 2.05) is 6.07 Å². The molecule has 4 nitrogen and oxygen atoms in total. The number of carboxylic acid groups (broad SMARTS) is 1. The molecule has 94 valence electrons. The summed E-state index contributed by atoms with van der Waals surface area (Å²) in [7, 11) is 0. The summed E-state index contributed by atoms with van der Waals surface area (Å²) < 4.78 is 0. The van der Waals surface area contributed by atoms with Gasteiger partial charge in [-0.15, -0.1) is 0 Å². The zero-order valence-electron chi connectivity index (χ0n) is 10.0. The Morgan fingerprint density at radius 3 is 2.67 bits per heavy atom. The van der Waals surface area contributed by atoms with E-state index in [0.717, 1.165) is 23.7 Å². The first-order valence-electron chi connectivity index (χ1n) is 6.71. The van der Waals surface area contributed by atoms with Crippen molar-refractivity contribution in [2.75, 3.05) is 5.32 Å². The third-order valence-electron chi connectivity index (χ3n) is 5.02. The predicted molar refractivity (Wildman–Crippen MR) is 66.4 cm³/mol. The monoisotopic (exact) mass is 244 g/mol. The first kappa shape index (κ1) is 10.4. The van der Waals surface area contributed by atoms with Crippen LogP contribution in [-0.2, 0) is 0 Å². The number of aromatic carboxylic acids is 1. The smallest absolute Gasteiger partial charge is 0.354 e. The molecule has 3 saturated carbocycles. The normalized spacial score (nSPS) is 39.4. The molecule has 2 bridgehead atoms. The predicted octanol–water partition coefficient (Wildman–Crippen LogP) is 2.24. The number of anilines is 1. The van der Waals surface area contributed by atoms with Crippen molar-refractivity contribution in [3.05, 3.63) is 23.9 Å². The molecule has 0 spiro atoms. The van der Waals surface area contributed by atoms with E-state index in [9.17, 15) is 4.79 Å². The van der Waals surface area contributed by atoms with Crippen molar-refractivity contribution in [2.24, 2.45) is 23.7 Å². The molecular weight excluding hydrogens is 228 g/mol. The summed E-state index contributed by atoms with van der Waals surface area (Å²) in [5, 5.41) is 12.4. The third kappa shape index (κ3) is 1.38. The standard InChI is InChI=1S/C14H16N2O2/c17-14(18)9-2-1-3-10(15-9)16-13-11-7-4-5-8(6-7)12(11)13/h1-3,7-8,11-13H,4-6H2,(H,15,16)(H,17,18). The number of rotatable bonds is 3. The summed E-state index contributed by atoms with van der Waals surface area (Å²) >= 11 is 0. The molecule has 4 heteroatoms. The quantitative estimate of drug-likeness (QED) is 0.856. The van der Waals surface area contributed by atoms with Gasteiger partial charge in [-0.2, -0.15) is 0 Å². The van der Waals surface area contributed by atoms with Gasteiger partial charge in [0.15, 0.2) is 5.69 Å². The van der Waals surface area contributed by atoms with Crippen LogP contribution in [0.3, 0.4) is 0 Å². The van der Waals surface area contributed by atoms with Crippen LogP contribution in [0.2, 0.25) is 0 Å². The average molecular weight is 244 g/mol. The zero-order chi connectivity index (χ0) is 12.3. The molecule has 3 aliphatic rings. The molecule has 2 N–H and O–H groups in total. The molecule has 1 aromatic rings. The Labute approximate surface area is 105 Å². The molecule has 0 amide bonds. The minimum atomic E-state index is -0.963. The van der Waals surface area contributed by atoms with Gasteiger partial charge in [0.25, 0.3) is 0 Å². The number of aromatic nitrogens is 1. The van der Waals surface area contributed by atoms with Crippen LogP contribution in [-0.4, -0.2) is 22.1 Å². The van der Waals surface area contributed by atoms with E-state index >= 15 is 0 Å². The van der Waals surface area contributed by atoms with Gasteiger partial charge in [0, 0.05) is 6.04 Å². The number of hydrogen-bond donors (Lipinski definition) is 2. The fourth-order valence-electron chi connectivity index (χ4n) is 4.32. The second-order valence-corrected chi connectivity index (χ2v) is 5.87. The highest BCUT2D eigenvalue weighted by Crippen LogP contribution is 2.66. The van der Waals surface area contributed by atoms with E-state index in [1.165, 1.54) is 25.3 Å². The van der Waals surface area contributed by atoms with Crippen LogP contribution in [0.1, 0.15) is 29.8 Å². The van der Waals surface area contributed by atoms with E-state index in [4.69, 9.17) is 5.11 Å². The number of nitrogens with one attached hydrogen (secondary N) is 1. The van der Waals surface area contributed by atoms with Crippen LogP contribution in [0.15, 0.2) is 18.2 Å². The van der Waals surface area contributed by atoms with Crippen molar-refractivity contribution in [3.8, 4) is 0 Å². The Morgan fingerprint density at radius 2 is 2.00 bits per heavy atom. The summed E-state index contributed by atoms with van der Waals surface area (Å²) in [6.07, 6.45) is 4.22. The molecule has 4 atom stereocenters. The van der Waals surface area contributed by atoms with Crippen LogP contribution >= 0.6 is 0 Å². The van der Waals surface area contributed by atoms with Crippen LogP contribution < -0.4 is 5.32 Å². The fraction of sp³-hybridized carbons (Fsp3) is 0.571. The van der Waals surface area contributed by atoms with Gasteiger partial charge in [0.1, 0.15) is 5.82 Å². The SMILES string of the molecule is O=C(O)c1cccc(NC2C3C4CCC(C4)C23)n1. The number of pyridine rings is 1. The molecule has 3 aliphatic carbocycles. The zero-order valence-corrected chi connectivity index (χ0v) is 10.0. The summed E-state index contributed by atoms with van der Waals surface area (Å²) in [6.45, 7) is 0. The lowest BCUT2D eigenvalue weighted by atomic mass is 10.0. The van der Waals surface area contributed by atoms with Crippen molar-refractivity contribution >= 4 is 11.8 Å². The Balaban J connectivity index is 1.50. The van der Waals surface area contributed by atoms with Gasteiger partial charge in [-0.1, -0.05) is 6.07 Å². The number of fused-ring (bicyclic) bond motifs is 5. The van der Waals surface area contributed by atoms with Gasteiger partial charge in [-0.05, 0) is 55.1 Å². The molecule has 0 aliphatic heterocycles. The maximum absolute atomic E-state index is 10.9. The van der Waals surface area contributed by atoms with E-state index in [-0.39, 0.29) is 5.69 Å². The second-order valence-electron chi connectivity index (χ2n) is 5.87. The Bertz CT molecular complexity index is 500. The van der Waals surface area contributed by atoms with Gasteiger partial charge in [0.05, 0.1) is 0 Å². The lowest BCUT2D eigenvalue weighted by Gasteiger charge is -2.11. The van der Waals surface area contributed by atoms with Gasteiger partial charge in [-0.3, -0.25) is 0 Å². The molecule has 4 rings (SSSR count). The molecule has 3 fully saturated rings. The summed E-state index contributed by atoms with van der Waals surface area (Å²) in [6, 6.07) is 5.70. The molecule has 1 heterocycles. The highest BCUT2D eigenvalue weighted by Gasteiger charge is 2.65. The lowest BCUT2D eigenvalue weighted by Crippen LogP contribution is -2.14. The van der Waals surface area contributed by atoms with Gasteiger partial charge in [0.2, 0.25) is 0 Å². The third-order valence-corrected chi connectivity index (χ3v) is 5.02. The minimum Gasteiger partial charge on any atom is -0.477 e. The Kier molecular flexibility index (Phi) is 1.99. The second kappa shape index (κ2) is 3.46. The minimum absolute atomic E-state index is 0.119. The lowest BCUT2D eigenvalue weighted by molar-refractivity contribution is 0.0690. The first-order chi connectivity index (χ1) is 8.74. The summed E-state index contributed by atoms with van der Waals surface area (Å²) in [5.41, 5.74) is 0.119. The topological polar surface area (TPSA) is 62.2 Å². The largest absolute Gasteiger partial charge is 0.477 e. The fourth-order valence-corrected chi connectivity index (χ4v) is 4.32. The van der Waals surface area contributed by atoms with Gasteiger partial charge >= 0.3 is 5.97 Å². The van der Waals surface area contributed by atoms with Crippen molar-refractivity contribution in [1.29, 1.82) is 0 Å².